The Bertz CT molecular complexity index is 1680. The van der Waals surface area contributed by atoms with Crippen LogP contribution in [0.2, 0.25) is 10.0 Å². The van der Waals surface area contributed by atoms with Crippen molar-refractivity contribution in [2.45, 2.75) is 12.6 Å². The minimum absolute atomic E-state index is 0.131. The van der Waals surface area contributed by atoms with Gasteiger partial charge >= 0.3 is 0 Å². The van der Waals surface area contributed by atoms with E-state index in [0.717, 1.165) is 16.6 Å². The second-order valence-electron chi connectivity index (χ2n) is 9.23. The summed E-state index contributed by atoms with van der Waals surface area (Å²) in [5.41, 5.74) is 3.70. The van der Waals surface area contributed by atoms with E-state index in [1.165, 1.54) is 6.33 Å². The number of anilines is 1. The minimum Gasteiger partial charge on any atom is -0.374 e. The Hall–Kier alpha value is -3.98. The van der Waals surface area contributed by atoms with E-state index in [9.17, 15) is 4.79 Å². The Balaban J connectivity index is 1.31. The molecule has 2 aromatic heterocycles. The van der Waals surface area contributed by atoms with E-state index < -0.39 is 0 Å². The lowest BCUT2D eigenvalue weighted by molar-refractivity contribution is 0.0800. The van der Waals surface area contributed by atoms with E-state index in [1.54, 1.807) is 23.1 Å². The summed E-state index contributed by atoms with van der Waals surface area (Å²) in [6, 6.07) is 18.5. The van der Waals surface area contributed by atoms with Gasteiger partial charge in [0.2, 0.25) is 0 Å². The third kappa shape index (κ3) is 5.45. The third-order valence-corrected chi connectivity index (χ3v) is 7.11. The highest BCUT2D eigenvalue weighted by Crippen LogP contribution is 2.30. The van der Waals surface area contributed by atoms with Crippen LogP contribution in [0.25, 0.3) is 21.9 Å². The molecule has 1 aliphatic rings. The number of nitrogens with one attached hydrogen (secondary N) is 2. The molecule has 8 nitrogen and oxygen atoms in total. The van der Waals surface area contributed by atoms with Crippen LogP contribution in [-0.2, 0) is 11.3 Å². The molecule has 10 heteroatoms. The maximum absolute atomic E-state index is 13.0. The van der Waals surface area contributed by atoms with Crippen molar-refractivity contribution in [2.75, 3.05) is 25.0 Å². The summed E-state index contributed by atoms with van der Waals surface area (Å²) in [7, 11) is 0. The fourth-order valence-corrected chi connectivity index (χ4v) is 4.98. The van der Waals surface area contributed by atoms with Crippen LogP contribution in [0.5, 0.6) is 0 Å². The fraction of sp³-hybridized carbons (Fsp3) is 0.172. The number of carbonyl (C=O) groups is 1. The molecular weight excluding hydrogens is 535 g/mol. The number of fused-ring (bicyclic) bond motifs is 2. The van der Waals surface area contributed by atoms with E-state index in [1.807, 2.05) is 54.6 Å². The van der Waals surface area contributed by atoms with Gasteiger partial charge < -0.3 is 19.9 Å². The predicted molar refractivity (Wildman–Crippen MR) is 153 cm³/mol. The number of halogens is 2. The van der Waals surface area contributed by atoms with Gasteiger partial charge in [0.15, 0.2) is 0 Å². The largest absolute Gasteiger partial charge is 0.374 e. The van der Waals surface area contributed by atoms with Crippen LogP contribution in [0, 0.1) is 0 Å². The molecule has 3 heterocycles. The molecule has 0 aliphatic carbocycles. The second kappa shape index (κ2) is 11.0. The summed E-state index contributed by atoms with van der Waals surface area (Å²) in [4.78, 5) is 31.8. The molecule has 1 atom stereocenters. The summed E-state index contributed by atoms with van der Waals surface area (Å²) in [5, 5.41) is 5.11. The molecule has 1 aliphatic heterocycles. The number of amides is 1. The molecule has 0 radical (unpaired) electrons. The first-order valence-corrected chi connectivity index (χ1v) is 13.2. The average molecular weight is 559 g/mol. The molecular formula is C29H24Cl2N6O2. The molecule has 0 unspecified atom stereocenters. The number of aromatic amines is 1. The molecule has 0 fully saturated rings. The van der Waals surface area contributed by atoms with Crippen molar-refractivity contribution in [3.05, 3.63) is 106 Å². The summed E-state index contributed by atoms with van der Waals surface area (Å²) in [5.74, 6) is 1.09. The Morgan fingerprint density at radius 1 is 1.03 bits per heavy atom. The van der Waals surface area contributed by atoms with Gasteiger partial charge in [0, 0.05) is 23.5 Å². The average Bonchev–Trinajstić information content (AvgIpc) is 3.63. The van der Waals surface area contributed by atoms with Gasteiger partial charge in [-0.1, -0.05) is 65.7 Å². The van der Waals surface area contributed by atoms with E-state index in [2.05, 4.69) is 20.3 Å². The smallest absolute Gasteiger partial charge is 0.256 e. The van der Waals surface area contributed by atoms with Crippen LogP contribution in [0.4, 0.5) is 5.82 Å². The molecule has 0 bridgehead atoms. The molecule has 2 N–H and O–H groups in total. The second-order valence-corrected chi connectivity index (χ2v) is 10.1. The standard InChI is InChI=1S/C29H24Cl2N6O2/c30-19-8-9-23-25(12-19)35-28(34-23)26(16-39-15-18-6-2-1-3-7-18)36-27-21-13-22(31)20(14-24(21)32-17-33-27)29(38)37-10-4-5-11-37/h1-9,12-14,17,26H,10-11,15-16H2,(H,34,35)(H,32,33,36)/t26-/m1/s1. The number of H-pyrrole nitrogens is 1. The number of benzene rings is 3. The quantitative estimate of drug-likeness (QED) is 0.220. The van der Waals surface area contributed by atoms with Gasteiger partial charge in [-0.3, -0.25) is 4.79 Å². The predicted octanol–water partition coefficient (Wildman–Crippen LogP) is 6.19. The first-order chi connectivity index (χ1) is 19.0. The summed E-state index contributed by atoms with van der Waals surface area (Å²) in [6.07, 6.45) is 5.39. The highest BCUT2D eigenvalue weighted by atomic mass is 35.5. The summed E-state index contributed by atoms with van der Waals surface area (Å²) < 4.78 is 6.10. The first kappa shape index (κ1) is 25.3. The normalized spacial score (nSPS) is 13.8. The first-order valence-electron chi connectivity index (χ1n) is 12.5. The van der Waals surface area contributed by atoms with Gasteiger partial charge in [-0.05, 0) is 35.9 Å². The summed E-state index contributed by atoms with van der Waals surface area (Å²) >= 11 is 12.8. The van der Waals surface area contributed by atoms with Gasteiger partial charge in [0.1, 0.15) is 24.0 Å². The van der Waals surface area contributed by atoms with E-state index >= 15 is 0 Å². The number of ether oxygens (including phenoxy) is 1. The monoisotopic (exact) mass is 558 g/mol. The molecule has 196 valence electrons. The number of carbonyl (C=O) groups excluding carboxylic acids is 1. The SMILES string of the molecule is O=C(c1cc2ncnc(N[C@H](COCc3ccccc3)c3nc4ccc(Cl)cc4[nH]3)c2cc1Cl)N1CC=CC1. The molecule has 39 heavy (non-hydrogen) atoms. The zero-order chi connectivity index (χ0) is 26.8. The van der Waals surface area contributed by atoms with E-state index in [0.29, 0.717) is 64.5 Å². The topological polar surface area (TPSA) is 96.0 Å². The zero-order valence-electron chi connectivity index (χ0n) is 20.8. The van der Waals surface area contributed by atoms with Gasteiger partial charge in [-0.25, -0.2) is 15.0 Å². The molecule has 0 spiro atoms. The van der Waals surface area contributed by atoms with E-state index in [4.69, 9.17) is 32.9 Å². The number of nitrogens with zero attached hydrogens (tertiary/aromatic N) is 4. The van der Waals surface area contributed by atoms with Crippen LogP contribution in [0.15, 0.2) is 79.1 Å². The van der Waals surface area contributed by atoms with Gasteiger partial charge in [0.25, 0.3) is 5.91 Å². The van der Waals surface area contributed by atoms with Crippen molar-refractivity contribution >= 4 is 56.9 Å². The van der Waals surface area contributed by atoms with Crippen molar-refractivity contribution in [1.29, 1.82) is 0 Å². The minimum atomic E-state index is -0.381. The lowest BCUT2D eigenvalue weighted by Gasteiger charge is -2.20. The van der Waals surface area contributed by atoms with Gasteiger partial charge in [-0.2, -0.15) is 0 Å². The van der Waals surface area contributed by atoms with E-state index in [-0.39, 0.29) is 11.9 Å². The van der Waals surface area contributed by atoms with Crippen LogP contribution in [0.1, 0.15) is 27.8 Å². The van der Waals surface area contributed by atoms with Crippen molar-refractivity contribution in [3.8, 4) is 0 Å². The molecule has 3 aromatic carbocycles. The summed E-state index contributed by atoms with van der Waals surface area (Å²) in [6.45, 7) is 1.88. The van der Waals surface area contributed by atoms with Crippen LogP contribution in [-0.4, -0.2) is 50.4 Å². The van der Waals surface area contributed by atoms with Crippen molar-refractivity contribution < 1.29 is 9.53 Å². The number of imidazole rings is 1. The highest BCUT2D eigenvalue weighted by molar-refractivity contribution is 6.35. The third-order valence-electron chi connectivity index (χ3n) is 6.56. The Kier molecular flexibility index (Phi) is 7.15. The van der Waals surface area contributed by atoms with Crippen LogP contribution in [0.3, 0.4) is 0 Å². The Morgan fingerprint density at radius 3 is 2.67 bits per heavy atom. The van der Waals surface area contributed by atoms with Crippen molar-refractivity contribution in [2.24, 2.45) is 0 Å². The van der Waals surface area contributed by atoms with Crippen molar-refractivity contribution in [1.82, 2.24) is 24.8 Å². The highest BCUT2D eigenvalue weighted by Gasteiger charge is 2.22. The lowest BCUT2D eigenvalue weighted by atomic mass is 10.1. The maximum atomic E-state index is 13.0. The number of hydrogen-bond acceptors (Lipinski definition) is 6. The Labute approximate surface area is 234 Å². The molecule has 5 aromatic rings. The van der Waals surface area contributed by atoms with Crippen molar-refractivity contribution in [3.63, 3.8) is 0 Å². The number of hydrogen-bond donors (Lipinski definition) is 2. The zero-order valence-corrected chi connectivity index (χ0v) is 22.3. The molecule has 0 saturated carbocycles. The Morgan fingerprint density at radius 2 is 1.85 bits per heavy atom. The number of rotatable bonds is 8. The lowest BCUT2D eigenvalue weighted by Crippen LogP contribution is -2.28. The molecule has 1 amide bonds. The van der Waals surface area contributed by atoms with Crippen LogP contribution >= 0.6 is 23.2 Å². The van der Waals surface area contributed by atoms with Crippen LogP contribution < -0.4 is 5.32 Å². The maximum Gasteiger partial charge on any atom is 0.256 e. The van der Waals surface area contributed by atoms with Gasteiger partial charge in [0.05, 0.1) is 40.3 Å². The molecule has 0 saturated heterocycles. The number of aromatic nitrogens is 4. The fourth-order valence-electron chi connectivity index (χ4n) is 4.56. The molecule has 6 rings (SSSR count). The van der Waals surface area contributed by atoms with Gasteiger partial charge in [-0.15, -0.1) is 0 Å².